The molecule has 0 unspecified atom stereocenters. The fourth-order valence-electron chi connectivity index (χ4n) is 3.66. The SMILES string of the molecule is CCCCCCCCCCCCCCCC[N+](C)(C)C.C[N+](C)(C)c1ccccc1.[Br-].[Br-]. The van der Waals surface area contributed by atoms with Crippen molar-refractivity contribution in [2.45, 2.75) is 96.8 Å². The van der Waals surface area contributed by atoms with E-state index in [0.717, 1.165) is 8.97 Å². The van der Waals surface area contributed by atoms with Gasteiger partial charge in [0, 0.05) is 0 Å². The van der Waals surface area contributed by atoms with E-state index in [9.17, 15) is 0 Å². The number of rotatable bonds is 16. The summed E-state index contributed by atoms with van der Waals surface area (Å²) in [5.74, 6) is 0. The summed E-state index contributed by atoms with van der Waals surface area (Å²) >= 11 is 0. The Morgan fingerprint density at radius 2 is 0.844 bits per heavy atom. The largest absolute Gasteiger partial charge is 1.00 e. The van der Waals surface area contributed by atoms with Crippen LogP contribution in [0.15, 0.2) is 30.3 Å². The average molecular weight is 581 g/mol. The van der Waals surface area contributed by atoms with Gasteiger partial charge in [-0.15, -0.1) is 0 Å². The molecular formula is C28H56Br2N2. The molecule has 2 nitrogen and oxygen atoms in total. The lowest BCUT2D eigenvalue weighted by Gasteiger charge is -2.23. The van der Waals surface area contributed by atoms with Crippen molar-refractivity contribution in [3.8, 4) is 0 Å². The summed E-state index contributed by atoms with van der Waals surface area (Å²) in [6.07, 6.45) is 20.4. The molecule has 0 amide bonds. The number of benzene rings is 1. The number of unbranched alkanes of at least 4 members (excludes halogenated alkanes) is 13. The summed E-state index contributed by atoms with van der Waals surface area (Å²) in [4.78, 5) is 0. The van der Waals surface area contributed by atoms with E-state index in [1.165, 1.54) is 102 Å². The minimum absolute atomic E-state index is 0. The van der Waals surface area contributed by atoms with E-state index >= 15 is 0 Å². The fraction of sp³-hybridized carbons (Fsp3) is 0.786. The third-order valence-corrected chi connectivity index (χ3v) is 5.71. The first-order valence-corrected chi connectivity index (χ1v) is 12.8. The Bertz CT molecular complexity index is 478. The second kappa shape index (κ2) is 22.9. The van der Waals surface area contributed by atoms with Crippen molar-refractivity contribution in [2.75, 3.05) is 48.8 Å². The lowest BCUT2D eigenvalue weighted by atomic mass is 10.0. The summed E-state index contributed by atoms with van der Waals surface area (Å²) in [6, 6.07) is 10.5. The van der Waals surface area contributed by atoms with Crippen LogP contribution in [0.25, 0.3) is 0 Å². The van der Waals surface area contributed by atoms with Crippen LogP contribution in [0.2, 0.25) is 0 Å². The van der Waals surface area contributed by atoms with E-state index in [0.29, 0.717) is 0 Å². The molecule has 0 aromatic heterocycles. The normalized spacial score (nSPS) is 11.1. The first kappa shape index (κ1) is 36.7. The maximum Gasteiger partial charge on any atom is 0.132 e. The van der Waals surface area contributed by atoms with Gasteiger partial charge in [0.15, 0.2) is 0 Å². The van der Waals surface area contributed by atoms with Crippen LogP contribution in [-0.4, -0.2) is 53.3 Å². The predicted molar refractivity (Wildman–Crippen MR) is 139 cm³/mol. The van der Waals surface area contributed by atoms with Crippen LogP contribution in [0, 0.1) is 0 Å². The molecule has 1 aromatic carbocycles. The highest BCUT2D eigenvalue weighted by Gasteiger charge is 2.09. The zero-order chi connectivity index (χ0) is 22.7. The van der Waals surface area contributed by atoms with Gasteiger partial charge in [0.05, 0.1) is 48.8 Å². The molecule has 0 aliphatic carbocycles. The molecule has 1 rings (SSSR count). The molecule has 4 heteroatoms. The van der Waals surface area contributed by atoms with Gasteiger partial charge < -0.3 is 38.4 Å². The van der Waals surface area contributed by atoms with E-state index in [2.05, 4.69) is 73.5 Å². The standard InChI is InChI=1S/C19H42N.C9H14N.2BrH/c1-5-6-7-8-9-10-11-12-13-14-15-16-17-18-19-20(2,3)4;1-10(2,3)9-7-5-4-6-8-9;;/h5-19H2,1-4H3;4-8H,1-3H3;2*1H/q2*+1;;/p-2. The van der Waals surface area contributed by atoms with Crippen LogP contribution < -0.4 is 38.4 Å². The van der Waals surface area contributed by atoms with Crippen molar-refractivity contribution in [3.05, 3.63) is 30.3 Å². The van der Waals surface area contributed by atoms with E-state index in [-0.39, 0.29) is 34.0 Å². The Morgan fingerprint density at radius 1 is 0.500 bits per heavy atom. The molecule has 0 fully saturated rings. The van der Waals surface area contributed by atoms with E-state index in [1.54, 1.807) is 0 Å². The molecule has 1 aromatic rings. The quantitative estimate of drug-likeness (QED) is 0.208. The number of halogens is 2. The molecule has 0 saturated heterocycles. The molecular weight excluding hydrogens is 524 g/mol. The molecule has 0 spiro atoms. The average Bonchev–Trinajstić information content (AvgIpc) is 2.68. The molecule has 192 valence electrons. The molecule has 0 bridgehead atoms. The second-order valence-electron chi connectivity index (χ2n) is 11.0. The van der Waals surface area contributed by atoms with Gasteiger partial charge in [-0.3, -0.25) is 4.48 Å². The Kier molecular flexibility index (Phi) is 26.2. The van der Waals surface area contributed by atoms with Crippen molar-refractivity contribution in [3.63, 3.8) is 0 Å². The highest BCUT2D eigenvalue weighted by atomic mass is 79.9. The predicted octanol–water partition coefficient (Wildman–Crippen LogP) is 2.07. The van der Waals surface area contributed by atoms with Crippen molar-refractivity contribution in [1.29, 1.82) is 0 Å². The van der Waals surface area contributed by atoms with Gasteiger partial charge in [0.2, 0.25) is 0 Å². The van der Waals surface area contributed by atoms with E-state index < -0.39 is 0 Å². The summed E-state index contributed by atoms with van der Waals surface area (Å²) in [7, 11) is 13.4. The third kappa shape index (κ3) is 26.4. The first-order valence-electron chi connectivity index (χ1n) is 12.8. The summed E-state index contributed by atoms with van der Waals surface area (Å²) in [5, 5.41) is 0. The van der Waals surface area contributed by atoms with Gasteiger partial charge in [0.1, 0.15) is 5.69 Å². The van der Waals surface area contributed by atoms with E-state index in [4.69, 9.17) is 0 Å². The number of hydrogen-bond donors (Lipinski definition) is 0. The van der Waals surface area contributed by atoms with Crippen LogP contribution in [0.3, 0.4) is 0 Å². The van der Waals surface area contributed by atoms with Gasteiger partial charge in [-0.25, -0.2) is 0 Å². The maximum atomic E-state index is 2.29. The second-order valence-corrected chi connectivity index (χ2v) is 11.0. The maximum absolute atomic E-state index is 2.29. The smallest absolute Gasteiger partial charge is 0.132 e. The Hall–Kier alpha value is 0.1000. The molecule has 0 radical (unpaired) electrons. The lowest BCUT2D eigenvalue weighted by molar-refractivity contribution is -0.870. The van der Waals surface area contributed by atoms with Gasteiger partial charge >= 0.3 is 0 Å². The molecule has 0 aliphatic rings. The molecule has 0 aliphatic heterocycles. The molecule has 0 saturated carbocycles. The molecule has 0 heterocycles. The number of hydrogen-bond acceptors (Lipinski definition) is 0. The lowest BCUT2D eigenvalue weighted by Crippen LogP contribution is -3.00. The Morgan fingerprint density at radius 3 is 1.12 bits per heavy atom. The monoisotopic (exact) mass is 578 g/mol. The van der Waals surface area contributed by atoms with Crippen LogP contribution >= 0.6 is 0 Å². The van der Waals surface area contributed by atoms with Crippen molar-refractivity contribution in [2.24, 2.45) is 0 Å². The van der Waals surface area contributed by atoms with Crippen LogP contribution in [0.1, 0.15) is 96.8 Å². The summed E-state index contributed by atoms with van der Waals surface area (Å²) < 4.78 is 2.01. The number of para-hydroxylation sites is 1. The summed E-state index contributed by atoms with van der Waals surface area (Å²) in [5.41, 5.74) is 1.34. The van der Waals surface area contributed by atoms with Crippen molar-refractivity contribution >= 4 is 5.69 Å². The first-order chi connectivity index (χ1) is 14.2. The Labute approximate surface area is 223 Å². The van der Waals surface area contributed by atoms with Gasteiger partial charge in [-0.1, -0.05) is 102 Å². The Balaban J connectivity index is -0.000000591. The minimum atomic E-state index is 0. The summed E-state index contributed by atoms with van der Waals surface area (Å²) in [6.45, 7) is 3.63. The zero-order valence-electron chi connectivity index (χ0n) is 22.6. The van der Waals surface area contributed by atoms with Crippen LogP contribution in [0.5, 0.6) is 0 Å². The molecule has 0 N–H and O–H groups in total. The van der Waals surface area contributed by atoms with Gasteiger partial charge in [-0.05, 0) is 25.0 Å². The van der Waals surface area contributed by atoms with Crippen molar-refractivity contribution < 1.29 is 38.4 Å². The zero-order valence-corrected chi connectivity index (χ0v) is 25.8. The number of nitrogens with zero attached hydrogens (tertiary/aromatic N) is 2. The molecule has 0 atom stereocenters. The van der Waals surface area contributed by atoms with Crippen LogP contribution in [-0.2, 0) is 0 Å². The van der Waals surface area contributed by atoms with Crippen LogP contribution in [0.4, 0.5) is 5.69 Å². The van der Waals surface area contributed by atoms with Crippen molar-refractivity contribution in [1.82, 2.24) is 4.48 Å². The molecule has 32 heavy (non-hydrogen) atoms. The third-order valence-electron chi connectivity index (χ3n) is 5.71. The minimum Gasteiger partial charge on any atom is -1.00 e. The van der Waals surface area contributed by atoms with E-state index in [1.807, 2.05) is 6.07 Å². The highest BCUT2D eigenvalue weighted by molar-refractivity contribution is 5.40. The topological polar surface area (TPSA) is 0 Å². The van der Waals surface area contributed by atoms with Gasteiger partial charge in [0.25, 0.3) is 0 Å². The van der Waals surface area contributed by atoms with Gasteiger partial charge in [-0.2, -0.15) is 0 Å². The fourth-order valence-corrected chi connectivity index (χ4v) is 3.66. The number of quaternary nitrogens is 2. The highest BCUT2D eigenvalue weighted by Crippen LogP contribution is 2.14.